The Morgan fingerprint density at radius 2 is 2.04 bits per heavy atom. The first kappa shape index (κ1) is 16.6. The van der Waals surface area contributed by atoms with Gasteiger partial charge in [0.2, 0.25) is 5.91 Å². The molecule has 2 heterocycles. The molecule has 2 aromatic rings. The van der Waals surface area contributed by atoms with E-state index in [1.807, 2.05) is 6.07 Å². The molecule has 1 amide bonds. The summed E-state index contributed by atoms with van der Waals surface area (Å²) in [7, 11) is 0. The molecule has 0 aliphatic carbocycles. The minimum atomic E-state index is -0.212. The van der Waals surface area contributed by atoms with E-state index in [0.29, 0.717) is 23.3 Å². The number of nitrogens with zero attached hydrogens (tertiary/aromatic N) is 1. The van der Waals surface area contributed by atoms with Crippen LogP contribution in [0.15, 0.2) is 25.9 Å². The summed E-state index contributed by atoms with van der Waals surface area (Å²) >= 11 is 6.84. The fourth-order valence-corrected chi connectivity index (χ4v) is 4.34. The fourth-order valence-electron chi connectivity index (χ4n) is 3.02. The van der Waals surface area contributed by atoms with Gasteiger partial charge in [-0.1, -0.05) is 15.9 Å². The first-order valence-electron chi connectivity index (χ1n) is 7.45. The zero-order valence-corrected chi connectivity index (χ0v) is 15.5. The summed E-state index contributed by atoms with van der Waals surface area (Å²) in [6.07, 6.45) is 1.58. The van der Waals surface area contributed by atoms with Crippen LogP contribution in [0.3, 0.4) is 0 Å². The second-order valence-electron chi connectivity index (χ2n) is 5.90. The Balaban J connectivity index is 1.82. The fraction of sp³-hybridized carbons (Fsp3) is 0.400. The smallest absolute Gasteiger partial charge is 0.259 e. The van der Waals surface area contributed by atoms with Crippen LogP contribution >= 0.6 is 31.9 Å². The lowest BCUT2D eigenvalue weighted by Crippen LogP contribution is -3.12. The molecular weight excluding hydrogens is 428 g/mol. The zero-order chi connectivity index (χ0) is 16.6. The number of amides is 1. The predicted octanol–water partition coefficient (Wildman–Crippen LogP) is 0.728. The van der Waals surface area contributed by atoms with Gasteiger partial charge in [0.1, 0.15) is 6.54 Å². The largest absolute Gasteiger partial charge is 0.369 e. The van der Waals surface area contributed by atoms with E-state index in [1.54, 1.807) is 6.07 Å². The van der Waals surface area contributed by atoms with Gasteiger partial charge < -0.3 is 15.6 Å². The number of fused-ring (bicyclic) bond motifs is 1. The molecule has 1 fully saturated rings. The van der Waals surface area contributed by atoms with Gasteiger partial charge in [-0.05, 0) is 28.1 Å². The zero-order valence-electron chi connectivity index (χ0n) is 12.4. The number of aromatic nitrogens is 2. The SMILES string of the molecule is NC(=O)C1CC[NH+](Cc2nc3c(Br)cc(Br)cc3c(=O)[nH]2)CC1. The van der Waals surface area contributed by atoms with Gasteiger partial charge in [0.25, 0.3) is 5.56 Å². The molecule has 0 saturated carbocycles. The lowest BCUT2D eigenvalue weighted by Gasteiger charge is -2.27. The highest BCUT2D eigenvalue weighted by Gasteiger charge is 2.26. The number of H-pyrrole nitrogens is 1. The highest BCUT2D eigenvalue weighted by molar-refractivity contribution is 9.11. The van der Waals surface area contributed by atoms with Gasteiger partial charge in [0.05, 0.1) is 24.0 Å². The number of primary amides is 1. The van der Waals surface area contributed by atoms with E-state index >= 15 is 0 Å². The number of nitrogens with two attached hydrogens (primary N) is 1. The lowest BCUT2D eigenvalue weighted by atomic mass is 9.96. The summed E-state index contributed by atoms with van der Waals surface area (Å²) in [5.74, 6) is 0.433. The molecule has 0 spiro atoms. The van der Waals surface area contributed by atoms with E-state index in [2.05, 4.69) is 41.8 Å². The molecule has 8 heteroatoms. The van der Waals surface area contributed by atoms with E-state index in [1.165, 1.54) is 4.90 Å². The Labute approximate surface area is 149 Å². The van der Waals surface area contributed by atoms with Crippen molar-refractivity contribution in [2.75, 3.05) is 13.1 Å². The van der Waals surface area contributed by atoms with Crippen molar-refractivity contribution in [3.8, 4) is 0 Å². The maximum absolute atomic E-state index is 12.3. The number of quaternary nitrogens is 1. The average molecular weight is 445 g/mol. The van der Waals surface area contributed by atoms with Gasteiger partial charge in [-0.3, -0.25) is 9.59 Å². The summed E-state index contributed by atoms with van der Waals surface area (Å²) < 4.78 is 1.62. The number of piperidine rings is 1. The van der Waals surface area contributed by atoms with Gasteiger partial charge >= 0.3 is 0 Å². The molecule has 1 saturated heterocycles. The van der Waals surface area contributed by atoms with Crippen molar-refractivity contribution in [3.05, 3.63) is 37.3 Å². The Hall–Kier alpha value is -1.25. The summed E-state index contributed by atoms with van der Waals surface area (Å²) in [6.45, 7) is 2.35. The van der Waals surface area contributed by atoms with Gasteiger partial charge in [0, 0.05) is 27.7 Å². The minimum absolute atomic E-state index is 0.0196. The topological polar surface area (TPSA) is 93.3 Å². The maximum atomic E-state index is 12.3. The van der Waals surface area contributed by atoms with Crippen molar-refractivity contribution < 1.29 is 9.69 Å². The lowest BCUT2D eigenvalue weighted by molar-refractivity contribution is -0.920. The van der Waals surface area contributed by atoms with Crippen molar-refractivity contribution >= 4 is 48.7 Å². The molecule has 1 aliphatic rings. The number of nitrogens with one attached hydrogen (secondary N) is 2. The number of halogens is 2. The summed E-state index contributed by atoms with van der Waals surface area (Å²) in [5.41, 5.74) is 5.88. The third-order valence-electron chi connectivity index (χ3n) is 4.29. The van der Waals surface area contributed by atoms with E-state index < -0.39 is 0 Å². The molecule has 3 rings (SSSR count). The summed E-state index contributed by atoms with van der Waals surface area (Å²) in [5, 5.41) is 0.553. The van der Waals surface area contributed by atoms with Gasteiger partial charge in [-0.15, -0.1) is 0 Å². The van der Waals surface area contributed by atoms with Crippen molar-refractivity contribution in [2.45, 2.75) is 19.4 Å². The molecule has 1 aromatic heterocycles. The van der Waals surface area contributed by atoms with E-state index in [9.17, 15) is 9.59 Å². The van der Waals surface area contributed by atoms with Crippen molar-refractivity contribution in [1.82, 2.24) is 9.97 Å². The first-order chi connectivity index (χ1) is 10.9. The van der Waals surface area contributed by atoms with Crippen LogP contribution in [0.4, 0.5) is 0 Å². The molecule has 0 radical (unpaired) electrons. The average Bonchev–Trinajstić information content (AvgIpc) is 2.49. The summed E-state index contributed by atoms with van der Waals surface area (Å²) in [6, 6.07) is 3.64. The molecule has 0 unspecified atom stereocenters. The number of carbonyl (C=O) groups is 1. The predicted molar refractivity (Wildman–Crippen MR) is 94.1 cm³/mol. The number of likely N-dealkylation sites (tertiary alicyclic amines) is 1. The number of benzene rings is 1. The van der Waals surface area contributed by atoms with Crippen LogP contribution in [0.25, 0.3) is 10.9 Å². The van der Waals surface area contributed by atoms with Crippen LogP contribution in [-0.4, -0.2) is 29.0 Å². The van der Waals surface area contributed by atoms with Gasteiger partial charge in [-0.2, -0.15) is 0 Å². The molecule has 0 atom stereocenters. The Kier molecular flexibility index (Phi) is 4.84. The normalized spacial score (nSPS) is 21.5. The quantitative estimate of drug-likeness (QED) is 0.651. The molecule has 0 bridgehead atoms. The van der Waals surface area contributed by atoms with Crippen molar-refractivity contribution in [3.63, 3.8) is 0 Å². The van der Waals surface area contributed by atoms with Crippen LogP contribution in [-0.2, 0) is 11.3 Å². The Bertz CT molecular complexity index is 813. The van der Waals surface area contributed by atoms with E-state index in [0.717, 1.165) is 34.9 Å². The van der Waals surface area contributed by atoms with Crippen molar-refractivity contribution in [1.29, 1.82) is 0 Å². The molecule has 1 aromatic carbocycles. The monoisotopic (exact) mass is 443 g/mol. The first-order valence-corrected chi connectivity index (χ1v) is 9.03. The molecule has 1 aliphatic heterocycles. The van der Waals surface area contributed by atoms with Crippen molar-refractivity contribution in [2.24, 2.45) is 11.7 Å². The van der Waals surface area contributed by atoms with E-state index in [4.69, 9.17) is 5.73 Å². The Morgan fingerprint density at radius 1 is 1.35 bits per heavy atom. The number of hydrogen-bond donors (Lipinski definition) is 3. The van der Waals surface area contributed by atoms with E-state index in [-0.39, 0.29) is 17.4 Å². The molecule has 122 valence electrons. The number of rotatable bonds is 3. The van der Waals surface area contributed by atoms with Crippen LogP contribution in [0.1, 0.15) is 18.7 Å². The summed E-state index contributed by atoms with van der Waals surface area (Å²) in [4.78, 5) is 32.3. The standard InChI is InChI=1S/C15H16Br2N4O2/c16-9-5-10-13(11(17)6-9)19-12(20-15(10)23)7-21-3-1-8(2-4-21)14(18)22/h5-6,8H,1-4,7H2,(H2,18,22)(H,19,20,23)/p+1. The second kappa shape index (κ2) is 6.70. The second-order valence-corrected chi connectivity index (χ2v) is 7.67. The number of aromatic amines is 1. The van der Waals surface area contributed by atoms with Gasteiger partial charge in [-0.25, -0.2) is 4.98 Å². The Morgan fingerprint density at radius 3 is 2.70 bits per heavy atom. The van der Waals surface area contributed by atoms with Crippen LogP contribution < -0.4 is 16.2 Å². The third-order valence-corrected chi connectivity index (χ3v) is 5.35. The third kappa shape index (κ3) is 3.64. The molecule has 4 N–H and O–H groups in total. The number of carbonyl (C=O) groups excluding carboxylic acids is 1. The molecule has 23 heavy (non-hydrogen) atoms. The number of hydrogen-bond acceptors (Lipinski definition) is 3. The maximum Gasteiger partial charge on any atom is 0.259 e. The highest BCUT2D eigenvalue weighted by Crippen LogP contribution is 2.24. The highest BCUT2D eigenvalue weighted by atomic mass is 79.9. The molecular formula is C15H17Br2N4O2+. The van der Waals surface area contributed by atoms with Gasteiger partial charge in [0.15, 0.2) is 5.82 Å². The van der Waals surface area contributed by atoms with Crippen LogP contribution in [0, 0.1) is 5.92 Å². The van der Waals surface area contributed by atoms with Crippen LogP contribution in [0.5, 0.6) is 0 Å². The minimum Gasteiger partial charge on any atom is -0.369 e. The molecule has 6 nitrogen and oxygen atoms in total. The van der Waals surface area contributed by atoms with Crippen LogP contribution in [0.2, 0.25) is 0 Å².